The molecule has 2 N–H and O–H groups in total. The molecule has 0 bridgehead atoms. The zero-order valence-electron chi connectivity index (χ0n) is 11.7. The summed E-state index contributed by atoms with van der Waals surface area (Å²) in [6, 6.07) is 2.21. The summed E-state index contributed by atoms with van der Waals surface area (Å²) in [7, 11) is -1.32. The van der Waals surface area contributed by atoms with Crippen LogP contribution in [-0.4, -0.2) is 36.6 Å². The Balaban J connectivity index is 2.37. The molecule has 0 fully saturated rings. The molecule has 8 heteroatoms. The number of rotatable bonds is 3. The van der Waals surface area contributed by atoms with Crippen LogP contribution < -0.4 is 9.97 Å². The predicted octanol–water partition coefficient (Wildman–Crippen LogP) is 0.462. The maximum atomic E-state index is 13.6. The molecule has 1 aliphatic heterocycles. The highest BCUT2D eigenvalue weighted by Gasteiger charge is 2.37. The second-order valence-electron chi connectivity index (χ2n) is 4.68. The number of nitrogens with one attached hydrogen (secondary N) is 1. The number of carbonyl (C=O) groups is 2. The Bertz CT molecular complexity index is 580. The van der Waals surface area contributed by atoms with E-state index in [0.29, 0.717) is 5.56 Å². The highest BCUT2D eigenvalue weighted by molar-refractivity contribution is 6.47. The Kier molecular flexibility index (Phi) is 4.47. The monoisotopic (exact) mass is 295 g/mol. The number of hydrogen-bond donors (Lipinski definition) is 2. The minimum absolute atomic E-state index is 0.0767. The van der Waals surface area contributed by atoms with Gasteiger partial charge in [0.2, 0.25) is 5.91 Å². The van der Waals surface area contributed by atoms with E-state index >= 15 is 0 Å². The van der Waals surface area contributed by atoms with Gasteiger partial charge < -0.3 is 19.7 Å². The van der Waals surface area contributed by atoms with E-state index < -0.39 is 24.8 Å². The third kappa shape index (κ3) is 3.33. The number of benzene rings is 1. The van der Waals surface area contributed by atoms with Crippen LogP contribution in [0.5, 0.6) is 5.75 Å². The van der Waals surface area contributed by atoms with Crippen molar-refractivity contribution in [3.63, 3.8) is 0 Å². The van der Waals surface area contributed by atoms with E-state index in [2.05, 4.69) is 5.32 Å². The summed E-state index contributed by atoms with van der Waals surface area (Å²) in [6.07, 6.45) is 0.153. The molecule has 112 valence electrons. The van der Waals surface area contributed by atoms with E-state index in [-0.39, 0.29) is 30.2 Å². The van der Waals surface area contributed by atoms with Crippen LogP contribution in [0.1, 0.15) is 29.8 Å². The normalized spacial score (nSPS) is 16.8. The van der Waals surface area contributed by atoms with Gasteiger partial charge in [0.25, 0.3) is 0 Å². The van der Waals surface area contributed by atoms with Gasteiger partial charge in [0.05, 0.1) is 12.5 Å². The van der Waals surface area contributed by atoms with Crippen molar-refractivity contribution < 1.29 is 28.4 Å². The maximum absolute atomic E-state index is 13.6. The first-order chi connectivity index (χ1) is 9.92. The number of ether oxygens (including phenoxy) is 1. The topological polar surface area (TPSA) is 84.9 Å². The number of fused-ring (bicyclic) bond motifs is 1. The molecule has 6 nitrogen and oxygen atoms in total. The van der Waals surface area contributed by atoms with Gasteiger partial charge in [-0.15, -0.1) is 0 Å². The van der Waals surface area contributed by atoms with Crippen LogP contribution in [0.4, 0.5) is 4.39 Å². The van der Waals surface area contributed by atoms with Gasteiger partial charge in [-0.2, -0.15) is 0 Å². The van der Waals surface area contributed by atoms with Gasteiger partial charge in [-0.1, -0.05) is 0 Å². The van der Waals surface area contributed by atoms with E-state index in [1.165, 1.54) is 13.0 Å². The summed E-state index contributed by atoms with van der Waals surface area (Å²) < 4.78 is 23.7. The van der Waals surface area contributed by atoms with E-state index in [1.54, 1.807) is 6.92 Å². The smallest absolute Gasteiger partial charge is 0.534 e. The lowest BCUT2D eigenvalue weighted by atomic mass is 9.72. The molecule has 21 heavy (non-hydrogen) atoms. The number of hydrogen-bond acceptors (Lipinski definition) is 5. The van der Waals surface area contributed by atoms with Gasteiger partial charge in [-0.25, -0.2) is 9.18 Å². The van der Waals surface area contributed by atoms with Crippen molar-refractivity contribution in [2.45, 2.75) is 26.2 Å². The van der Waals surface area contributed by atoms with Crippen LogP contribution >= 0.6 is 0 Å². The number of halogens is 1. The first kappa shape index (κ1) is 15.3. The molecule has 1 unspecified atom stereocenters. The Morgan fingerprint density at radius 3 is 2.90 bits per heavy atom. The minimum atomic E-state index is -1.32. The van der Waals surface area contributed by atoms with Crippen molar-refractivity contribution in [3.05, 3.63) is 29.1 Å². The maximum Gasteiger partial charge on any atom is 0.547 e. The summed E-state index contributed by atoms with van der Waals surface area (Å²) in [5, 5.41) is 12.4. The van der Waals surface area contributed by atoms with Crippen LogP contribution in [0.15, 0.2) is 12.1 Å². The summed E-state index contributed by atoms with van der Waals surface area (Å²) in [5.74, 6) is -2.29. The predicted molar refractivity (Wildman–Crippen MR) is 72.3 cm³/mol. The van der Waals surface area contributed by atoms with E-state index in [9.17, 15) is 19.0 Å². The van der Waals surface area contributed by atoms with Gasteiger partial charge in [0.1, 0.15) is 17.1 Å². The van der Waals surface area contributed by atoms with Crippen molar-refractivity contribution in [1.82, 2.24) is 5.32 Å². The first-order valence-electron chi connectivity index (χ1n) is 6.53. The molecule has 0 saturated heterocycles. The fourth-order valence-electron chi connectivity index (χ4n) is 2.23. The molecule has 0 radical (unpaired) electrons. The molecule has 2 rings (SSSR count). The van der Waals surface area contributed by atoms with Gasteiger partial charge in [-0.3, -0.25) is 4.79 Å². The fraction of sp³-hybridized carbons (Fsp3) is 0.385. The Labute approximate surface area is 121 Å². The quantitative estimate of drug-likeness (QED) is 0.625. The van der Waals surface area contributed by atoms with Crippen LogP contribution in [0, 0.1) is 5.82 Å². The van der Waals surface area contributed by atoms with Crippen molar-refractivity contribution >= 4 is 19.0 Å². The molecule has 1 aromatic carbocycles. The highest BCUT2D eigenvalue weighted by atomic mass is 19.1. The number of carbonyl (C=O) groups excluding carboxylic acids is 2. The van der Waals surface area contributed by atoms with E-state index in [4.69, 9.17) is 9.39 Å². The molecule has 0 spiro atoms. The molecule has 0 saturated carbocycles. The van der Waals surface area contributed by atoms with Gasteiger partial charge in [-0.05, 0) is 31.0 Å². The summed E-state index contributed by atoms with van der Waals surface area (Å²) in [6.45, 7) is 3.07. The van der Waals surface area contributed by atoms with E-state index in [1.807, 2.05) is 0 Å². The molecule has 1 amide bonds. The highest BCUT2D eigenvalue weighted by Crippen LogP contribution is 2.31. The lowest BCUT2D eigenvalue weighted by Crippen LogP contribution is -2.52. The molecule has 1 atom stereocenters. The molecular formula is C13H15BFNO5. The molecule has 1 aromatic rings. The van der Waals surface area contributed by atoms with Crippen molar-refractivity contribution in [2.75, 3.05) is 6.61 Å². The van der Waals surface area contributed by atoms with Crippen LogP contribution in [0.3, 0.4) is 0 Å². The standard InChI is InChI=1S/C13H15BFNO5/c1-3-20-13(18)10-6-9(15)4-8-5-11(16-7(2)17)14(19)21-12(8)10/h4,6,11,19H,3,5H2,1-2H3,(H,16,17). The number of esters is 1. The second-order valence-corrected chi connectivity index (χ2v) is 4.68. The van der Waals surface area contributed by atoms with Crippen molar-refractivity contribution in [3.8, 4) is 5.75 Å². The lowest BCUT2D eigenvalue weighted by molar-refractivity contribution is -0.119. The molecular weight excluding hydrogens is 280 g/mol. The SMILES string of the molecule is CCOC(=O)c1cc(F)cc2c1OB(O)C(NC(C)=O)C2. The molecule has 1 heterocycles. The molecule has 1 aliphatic rings. The fourth-order valence-corrected chi connectivity index (χ4v) is 2.23. The number of amides is 1. The molecule has 0 aliphatic carbocycles. The largest absolute Gasteiger partial charge is 0.547 e. The van der Waals surface area contributed by atoms with Gasteiger partial charge in [0.15, 0.2) is 0 Å². The van der Waals surface area contributed by atoms with Crippen LogP contribution in [-0.2, 0) is 16.0 Å². The van der Waals surface area contributed by atoms with E-state index in [0.717, 1.165) is 6.07 Å². The second kappa shape index (κ2) is 6.13. The minimum Gasteiger partial charge on any atom is -0.534 e. The van der Waals surface area contributed by atoms with Crippen LogP contribution in [0.25, 0.3) is 0 Å². The van der Waals surface area contributed by atoms with Gasteiger partial charge >= 0.3 is 13.1 Å². The van der Waals surface area contributed by atoms with Crippen molar-refractivity contribution in [1.29, 1.82) is 0 Å². The average molecular weight is 295 g/mol. The third-order valence-electron chi connectivity index (χ3n) is 3.04. The third-order valence-corrected chi connectivity index (χ3v) is 3.04. The average Bonchev–Trinajstić information content (AvgIpc) is 2.39. The Morgan fingerprint density at radius 1 is 1.57 bits per heavy atom. The Morgan fingerprint density at radius 2 is 2.29 bits per heavy atom. The summed E-state index contributed by atoms with van der Waals surface area (Å²) >= 11 is 0. The zero-order chi connectivity index (χ0) is 15.6. The first-order valence-corrected chi connectivity index (χ1v) is 6.53. The zero-order valence-corrected chi connectivity index (χ0v) is 11.7. The van der Waals surface area contributed by atoms with Gasteiger partial charge in [0, 0.05) is 6.92 Å². The molecule has 0 aromatic heterocycles. The van der Waals surface area contributed by atoms with Crippen molar-refractivity contribution in [2.24, 2.45) is 0 Å². The summed E-state index contributed by atoms with van der Waals surface area (Å²) in [4.78, 5) is 22.9. The lowest BCUT2D eigenvalue weighted by Gasteiger charge is -2.28. The summed E-state index contributed by atoms with van der Waals surface area (Å²) in [5.41, 5.74) is 0.314. The van der Waals surface area contributed by atoms with Crippen LogP contribution in [0.2, 0.25) is 0 Å². The Hall–Kier alpha value is -2.09.